The Morgan fingerprint density at radius 2 is 0.614 bits per heavy atom. The number of non-ortho nitro benzene ring substituents is 2. The quantitative estimate of drug-likeness (QED) is 0.0305. The number of hydrogen-bond acceptors (Lipinski definition) is 18. The largest absolute Gasteiger partial charge is 0.481 e. The van der Waals surface area contributed by atoms with E-state index in [2.05, 4.69) is 104 Å². The highest BCUT2D eigenvalue weighted by molar-refractivity contribution is 8.01. The molecule has 1 aliphatic rings. The summed E-state index contributed by atoms with van der Waals surface area (Å²) in [5.41, 5.74) is 1.74. The fraction of sp³-hybridized carbons (Fsp3) is 0.375. The van der Waals surface area contributed by atoms with Crippen LogP contribution in [0.1, 0.15) is 105 Å². The predicted molar refractivity (Wildman–Crippen MR) is 343 cm³/mol. The lowest BCUT2D eigenvalue weighted by Gasteiger charge is -2.28. The molecule has 468 valence electrons. The van der Waals surface area contributed by atoms with Crippen LogP contribution in [0.25, 0.3) is 0 Å². The number of nitro groups is 2. The Morgan fingerprint density at radius 1 is 0.398 bits per heavy atom. The minimum Gasteiger partial charge on any atom is -0.481 e. The Bertz CT molecular complexity index is 3260. The molecular formula is C64H74N6O14S4. The maximum Gasteiger partial charge on any atom is 0.269 e. The van der Waals surface area contributed by atoms with Crippen molar-refractivity contribution in [2.75, 3.05) is 63.4 Å². The number of benzene rings is 6. The monoisotopic (exact) mass is 1280 g/mol. The van der Waals surface area contributed by atoms with Gasteiger partial charge in [-0.15, -0.1) is 0 Å². The number of carbonyl (C=O) groups excluding carboxylic acids is 4. The molecule has 8 bridgehead atoms. The zero-order valence-electron chi connectivity index (χ0n) is 51.2. The molecule has 0 unspecified atom stereocenters. The van der Waals surface area contributed by atoms with E-state index < -0.39 is 81.6 Å². The van der Waals surface area contributed by atoms with Crippen LogP contribution in [0.3, 0.4) is 0 Å². The Hall–Kier alpha value is -7.48. The summed E-state index contributed by atoms with van der Waals surface area (Å²) >= 11 is 5.13. The minimum absolute atomic E-state index is 0.0195. The van der Waals surface area contributed by atoms with E-state index in [-0.39, 0.29) is 49.2 Å². The summed E-state index contributed by atoms with van der Waals surface area (Å²) in [6.45, 7) is 22.2. The van der Waals surface area contributed by atoms with E-state index >= 15 is 0 Å². The Balaban J connectivity index is 1.56. The first kappa shape index (κ1) is 68.0. The van der Waals surface area contributed by atoms with Gasteiger partial charge in [0.25, 0.3) is 35.0 Å². The summed E-state index contributed by atoms with van der Waals surface area (Å²) in [6, 6.07) is 26.7. The van der Waals surface area contributed by atoms with Crippen LogP contribution >= 0.6 is 47.0 Å². The first-order valence-electron chi connectivity index (χ1n) is 28.1. The first-order valence-corrected chi connectivity index (χ1v) is 31.4. The average molecular weight is 1280 g/mol. The van der Waals surface area contributed by atoms with Crippen molar-refractivity contribution >= 4 is 93.4 Å². The fourth-order valence-corrected chi connectivity index (χ4v) is 13.2. The number of ether oxygens (including phenoxy) is 4. The third kappa shape index (κ3) is 18.3. The number of aliphatic hydroxyl groups excluding tert-OH is 2. The smallest absolute Gasteiger partial charge is 0.269 e. The zero-order chi connectivity index (χ0) is 64.5. The molecule has 1 heterocycles. The lowest BCUT2D eigenvalue weighted by Crippen LogP contribution is -2.31. The maximum absolute atomic E-state index is 14.0. The molecule has 88 heavy (non-hydrogen) atoms. The summed E-state index contributed by atoms with van der Waals surface area (Å²) in [7, 11) is 0. The molecule has 0 aromatic heterocycles. The molecule has 4 amide bonds. The second kappa shape index (κ2) is 28.8. The molecule has 0 spiro atoms. The van der Waals surface area contributed by atoms with Crippen LogP contribution in [-0.2, 0) is 40.8 Å². The number of amides is 4. The van der Waals surface area contributed by atoms with E-state index in [1.54, 1.807) is 0 Å². The number of nitrogens with one attached hydrogen (secondary N) is 4. The van der Waals surface area contributed by atoms with E-state index in [1.165, 1.54) is 95.6 Å². The molecule has 7 rings (SSSR count). The number of hydrogen-bond donors (Lipinski definition) is 6. The number of aliphatic hydroxyl groups is 2. The van der Waals surface area contributed by atoms with Gasteiger partial charge < -0.3 is 50.4 Å². The van der Waals surface area contributed by atoms with Crippen LogP contribution in [0.15, 0.2) is 136 Å². The van der Waals surface area contributed by atoms with Crippen LogP contribution in [-0.4, -0.2) is 96.4 Å². The molecule has 6 aromatic rings. The second-order valence-corrected chi connectivity index (χ2v) is 29.0. The van der Waals surface area contributed by atoms with Gasteiger partial charge in [0.05, 0.1) is 62.2 Å². The van der Waals surface area contributed by atoms with Gasteiger partial charge in [-0.25, -0.2) is 0 Å². The summed E-state index contributed by atoms with van der Waals surface area (Å²) in [5, 5.41) is 53.3. The van der Waals surface area contributed by atoms with E-state index in [4.69, 9.17) is 18.9 Å². The van der Waals surface area contributed by atoms with Gasteiger partial charge in [-0.05, 0) is 117 Å². The first-order chi connectivity index (χ1) is 41.3. The molecule has 6 N–H and O–H groups in total. The maximum atomic E-state index is 14.0. The van der Waals surface area contributed by atoms with Crippen molar-refractivity contribution in [3.8, 4) is 23.0 Å². The van der Waals surface area contributed by atoms with Gasteiger partial charge in [-0.3, -0.25) is 39.4 Å². The van der Waals surface area contributed by atoms with E-state index in [0.717, 1.165) is 22.3 Å². The number of nitrogens with zero attached hydrogens (tertiary/aromatic N) is 2. The topological polar surface area (TPSA) is 280 Å². The molecule has 0 saturated carbocycles. The summed E-state index contributed by atoms with van der Waals surface area (Å²) in [4.78, 5) is 81.4. The van der Waals surface area contributed by atoms with Gasteiger partial charge in [-0.2, -0.15) is 0 Å². The van der Waals surface area contributed by atoms with Crippen LogP contribution in [0.2, 0.25) is 0 Å². The Labute approximate surface area is 529 Å². The van der Waals surface area contributed by atoms with Gasteiger partial charge >= 0.3 is 0 Å². The molecule has 24 heteroatoms. The standard InChI is InChI=1S/C64H74N6O14S4/c1-61(2,3)37-25-45-57(81-33-53(73)65-21-23-71)46(26-37)86-50-30-40(64(10,11)12)32-52(60(50)84-36-56(76)68-42-15-19-44(20-16-42)70(79)80)88-48-28-38(62(4,5)6)27-47(58(48)82-34-54(74)66-22-24-72)87-51-31-39(63(7,8)9)29-49(85-45)59(51)83-35-55(75)67-41-13-17-43(18-14-41)69(77)78/h13-20,25-32,71-72H,21-24,33-36H2,1-12H3,(H,65,73)(H,66,74)(H,67,75)(H,68,76). The van der Waals surface area contributed by atoms with Crippen molar-refractivity contribution in [3.63, 3.8) is 0 Å². The summed E-state index contributed by atoms with van der Waals surface area (Å²) in [5.74, 6) is -1.01. The lowest BCUT2D eigenvalue weighted by atomic mass is 9.87. The van der Waals surface area contributed by atoms with Crippen LogP contribution in [0.5, 0.6) is 23.0 Å². The van der Waals surface area contributed by atoms with E-state index in [0.29, 0.717) is 62.0 Å². The normalized spacial score (nSPS) is 12.5. The highest BCUT2D eigenvalue weighted by Gasteiger charge is 2.32. The van der Waals surface area contributed by atoms with Crippen molar-refractivity contribution in [1.29, 1.82) is 0 Å². The van der Waals surface area contributed by atoms with Gasteiger partial charge in [0.2, 0.25) is 0 Å². The molecule has 0 radical (unpaired) electrons. The number of rotatable bonds is 20. The third-order valence-electron chi connectivity index (χ3n) is 13.4. The third-order valence-corrected chi connectivity index (χ3v) is 17.6. The van der Waals surface area contributed by atoms with Crippen molar-refractivity contribution in [3.05, 3.63) is 140 Å². The Morgan fingerprint density at radius 3 is 0.807 bits per heavy atom. The highest BCUT2D eigenvalue weighted by Crippen LogP contribution is 2.56. The summed E-state index contributed by atoms with van der Waals surface area (Å²) < 4.78 is 26.9. The molecule has 6 aromatic carbocycles. The van der Waals surface area contributed by atoms with Crippen LogP contribution < -0.4 is 40.2 Å². The van der Waals surface area contributed by atoms with Crippen molar-refractivity contribution < 1.29 is 58.2 Å². The molecule has 0 saturated heterocycles. The molecule has 20 nitrogen and oxygen atoms in total. The van der Waals surface area contributed by atoms with E-state index in [9.17, 15) is 49.6 Å². The summed E-state index contributed by atoms with van der Waals surface area (Å²) in [6.07, 6.45) is 0. The fourth-order valence-electron chi connectivity index (χ4n) is 8.46. The second-order valence-electron chi connectivity index (χ2n) is 24.6. The molecular weight excluding hydrogens is 1200 g/mol. The zero-order valence-corrected chi connectivity index (χ0v) is 54.5. The number of anilines is 2. The van der Waals surface area contributed by atoms with Crippen LogP contribution in [0.4, 0.5) is 22.7 Å². The Kier molecular flexibility index (Phi) is 22.2. The number of nitro benzene ring substituents is 2. The van der Waals surface area contributed by atoms with Crippen molar-refractivity contribution in [1.82, 2.24) is 10.6 Å². The van der Waals surface area contributed by atoms with Gasteiger partial charge in [0, 0.05) is 48.7 Å². The molecule has 1 aliphatic heterocycles. The average Bonchev–Trinajstić information content (AvgIpc) is 2.69. The van der Waals surface area contributed by atoms with E-state index in [1.807, 2.05) is 48.5 Å². The predicted octanol–water partition coefficient (Wildman–Crippen LogP) is 12.6. The van der Waals surface area contributed by atoms with Gasteiger partial charge in [-0.1, -0.05) is 130 Å². The molecule has 0 atom stereocenters. The highest BCUT2D eigenvalue weighted by atomic mass is 32.2. The van der Waals surface area contributed by atoms with Crippen LogP contribution in [0, 0.1) is 20.2 Å². The molecule has 0 fully saturated rings. The number of fused-ring (bicyclic) bond motifs is 8. The van der Waals surface area contributed by atoms with Crippen molar-refractivity contribution in [2.24, 2.45) is 0 Å². The lowest BCUT2D eigenvalue weighted by molar-refractivity contribution is -0.385. The molecule has 0 aliphatic carbocycles. The van der Waals surface area contributed by atoms with Gasteiger partial charge in [0.1, 0.15) is 23.0 Å². The van der Waals surface area contributed by atoms with Crippen molar-refractivity contribution in [2.45, 2.75) is 144 Å². The SMILES string of the molecule is CC(C)(C)c1cc2c(OCC(=O)NCCO)c(c1)Sc1cc(C(C)(C)C)cc(c1OCC(=O)Nc1ccc([N+](=O)[O-])cc1)Sc1cc(C(C)(C)C)cc(c1OCC(=O)NCCO)Sc1cc(C(C)(C)C)cc(c1OCC(=O)Nc1ccc([N+](=O)[O-])cc1)S2. The number of carbonyl (C=O) groups is 4. The minimum atomic E-state index is -0.571. The van der Waals surface area contributed by atoms with Gasteiger partial charge in [0.15, 0.2) is 26.4 Å².